The Kier molecular flexibility index (Phi) is 3.53. The highest BCUT2D eigenvalue weighted by Crippen LogP contribution is 2.10. The highest BCUT2D eigenvalue weighted by molar-refractivity contribution is 5.47. The normalized spacial score (nSPS) is 9.22. The van der Waals surface area contributed by atoms with Crippen LogP contribution in [0.3, 0.4) is 0 Å². The summed E-state index contributed by atoms with van der Waals surface area (Å²) >= 11 is 0. The van der Waals surface area contributed by atoms with E-state index in [9.17, 15) is 0 Å². The van der Waals surface area contributed by atoms with Crippen LogP contribution in [-0.4, -0.2) is 4.98 Å². The van der Waals surface area contributed by atoms with E-state index in [1.54, 1.807) is 24.4 Å². The van der Waals surface area contributed by atoms with Gasteiger partial charge in [-0.25, -0.2) is 4.98 Å². The van der Waals surface area contributed by atoms with Crippen molar-refractivity contribution in [3.05, 3.63) is 59.4 Å². The van der Waals surface area contributed by atoms with Crippen molar-refractivity contribution in [2.75, 3.05) is 5.32 Å². The van der Waals surface area contributed by atoms with Gasteiger partial charge in [0.25, 0.3) is 0 Å². The first-order valence-corrected chi connectivity index (χ1v) is 5.41. The van der Waals surface area contributed by atoms with Crippen molar-refractivity contribution in [3.8, 4) is 12.1 Å². The number of anilines is 1. The SMILES string of the molecule is N#Cc1ccc(NCc2ccnc(C#N)c2)cc1. The van der Waals surface area contributed by atoms with Crippen LogP contribution in [0.25, 0.3) is 0 Å². The van der Waals surface area contributed by atoms with Gasteiger partial charge in [0.2, 0.25) is 0 Å². The molecule has 0 radical (unpaired) electrons. The molecule has 4 heteroatoms. The zero-order chi connectivity index (χ0) is 12.8. The average molecular weight is 234 g/mol. The highest BCUT2D eigenvalue weighted by atomic mass is 14.9. The Hall–Kier alpha value is -2.85. The fraction of sp³-hybridized carbons (Fsp3) is 0.0714. The molecule has 0 saturated carbocycles. The van der Waals surface area contributed by atoms with E-state index < -0.39 is 0 Å². The number of benzene rings is 1. The molecule has 0 fully saturated rings. The van der Waals surface area contributed by atoms with Crippen LogP contribution in [0.2, 0.25) is 0 Å². The maximum Gasteiger partial charge on any atom is 0.140 e. The fourth-order valence-electron chi connectivity index (χ4n) is 1.51. The van der Waals surface area contributed by atoms with E-state index in [0.717, 1.165) is 11.3 Å². The molecule has 0 aliphatic rings. The molecule has 0 aliphatic heterocycles. The molecule has 0 atom stereocenters. The lowest BCUT2D eigenvalue weighted by atomic mass is 10.2. The molecule has 0 saturated heterocycles. The van der Waals surface area contributed by atoms with Gasteiger partial charge in [-0.1, -0.05) is 0 Å². The Labute approximate surface area is 105 Å². The lowest BCUT2D eigenvalue weighted by molar-refractivity contribution is 1.12. The molecule has 18 heavy (non-hydrogen) atoms. The summed E-state index contributed by atoms with van der Waals surface area (Å²) in [5, 5.41) is 20.6. The van der Waals surface area contributed by atoms with Gasteiger partial charge in [0.1, 0.15) is 11.8 Å². The molecule has 0 amide bonds. The van der Waals surface area contributed by atoms with Gasteiger partial charge in [-0.05, 0) is 42.0 Å². The van der Waals surface area contributed by atoms with E-state index in [4.69, 9.17) is 10.5 Å². The summed E-state index contributed by atoms with van der Waals surface area (Å²) in [5.74, 6) is 0. The summed E-state index contributed by atoms with van der Waals surface area (Å²) in [4.78, 5) is 3.91. The Morgan fingerprint density at radius 2 is 1.83 bits per heavy atom. The standard InChI is InChI=1S/C14H10N4/c15-8-11-1-3-13(4-2-11)18-10-12-5-6-17-14(7-12)9-16/h1-7,18H,10H2. The van der Waals surface area contributed by atoms with Crippen LogP contribution in [0.15, 0.2) is 42.6 Å². The maximum absolute atomic E-state index is 8.74. The molecule has 1 aromatic carbocycles. The van der Waals surface area contributed by atoms with Gasteiger partial charge in [0.05, 0.1) is 11.6 Å². The third-order valence-electron chi connectivity index (χ3n) is 2.45. The van der Waals surface area contributed by atoms with Crippen LogP contribution < -0.4 is 5.32 Å². The molecule has 2 rings (SSSR count). The van der Waals surface area contributed by atoms with Gasteiger partial charge in [0, 0.05) is 18.4 Å². The van der Waals surface area contributed by atoms with Gasteiger partial charge in [-0.2, -0.15) is 10.5 Å². The van der Waals surface area contributed by atoms with E-state index in [2.05, 4.69) is 16.4 Å². The molecule has 1 N–H and O–H groups in total. The fourth-order valence-corrected chi connectivity index (χ4v) is 1.51. The summed E-state index contributed by atoms with van der Waals surface area (Å²) < 4.78 is 0. The second-order valence-electron chi connectivity index (χ2n) is 3.70. The molecule has 4 nitrogen and oxygen atoms in total. The van der Waals surface area contributed by atoms with E-state index in [0.29, 0.717) is 17.8 Å². The van der Waals surface area contributed by atoms with Crippen LogP contribution in [-0.2, 0) is 6.54 Å². The van der Waals surface area contributed by atoms with E-state index >= 15 is 0 Å². The molecule has 0 bridgehead atoms. The minimum Gasteiger partial charge on any atom is -0.381 e. The van der Waals surface area contributed by atoms with Crippen molar-refractivity contribution in [3.63, 3.8) is 0 Å². The van der Waals surface area contributed by atoms with E-state index in [1.807, 2.05) is 24.3 Å². The topological polar surface area (TPSA) is 72.5 Å². The quantitative estimate of drug-likeness (QED) is 0.885. The van der Waals surface area contributed by atoms with Crippen LogP contribution in [0.5, 0.6) is 0 Å². The van der Waals surface area contributed by atoms with Crippen molar-refractivity contribution < 1.29 is 0 Å². The second kappa shape index (κ2) is 5.47. The average Bonchev–Trinajstić information content (AvgIpc) is 2.46. The van der Waals surface area contributed by atoms with Crippen molar-refractivity contribution in [2.24, 2.45) is 0 Å². The first-order valence-electron chi connectivity index (χ1n) is 5.41. The van der Waals surface area contributed by atoms with Crippen LogP contribution in [0, 0.1) is 22.7 Å². The van der Waals surface area contributed by atoms with Gasteiger partial charge < -0.3 is 5.32 Å². The summed E-state index contributed by atoms with van der Waals surface area (Å²) in [5.41, 5.74) is 2.97. The first-order chi connectivity index (χ1) is 8.81. The van der Waals surface area contributed by atoms with Crippen molar-refractivity contribution in [2.45, 2.75) is 6.54 Å². The van der Waals surface area contributed by atoms with Crippen LogP contribution >= 0.6 is 0 Å². The zero-order valence-corrected chi connectivity index (χ0v) is 9.59. The summed E-state index contributed by atoms with van der Waals surface area (Å²) in [6.45, 7) is 0.614. The monoisotopic (exact) mass is 234 g/mol. The Balaban J connectivity index is 2.02. The predicted molar refractivity (Wildman–Crippen MR) is 67.4 cm³/mol. The van der Waals surface area contributed by atoms with E-state index in [-0.39, 0.29) is 0 Å². The molecule has 2 aromatic rings. The van der Waals surface area contributed by atoms with Gasteiger partial charge in [-0.3, -0.25) is 0 Å². The zero-order valence-electron chi connectivity index (χ0n) is 9.59. The highest BCUT2D eigenvalue weighted by Gasteiger charge is 1.97. The largest absolute Gasteiger partial charge is 0.381 e. The number of aromatic nitrogens is 1. The third kappa shape index (κ3) is 2.84. The van der Waals surface area contributed by atoms with Crippen molar-refractivity contribution in [1.82, 2.24) is 4.98 Å². The summed E-state index contributed by atoms with van der Waals surface area (Å²) in [6, 6.07) is 14.9. The van der Waals surface area contributed by atoms with E-state index in [1.165, 1.54) is 0 Å². The Morgan fingerprint density at radius 3 is 2.50 bits per heavy atom. The summed E-state index contributed by atoms with van der Waals surface area (Å²) in [6.07, 6.45) is 1.62. The van der Waals surface area contributed by atoms with Gasteiger partial charge >= 0.3 is 0 Å². The number of hydrogen-bond acceptors (Lipinski definition) is 4. The smallest absolute Gasteiger partial charge is 0.140 e. The molecular weight excluding hydrogens is 224 g/mol. The van der Waals surface area contributed by atoms with Crippen LogP contribution in [0.1, 0.15) is 16.8 Å². The molecule has 86 valence electrons. The maximum atomic E-state index is 8.74. The molecule has 1 heterocycles. The molecule has 1 aromatic heterocycles. The minimum absolute atomic E-state index is 0.411. The number of nitrogens with zero attached hydrogens (tertiary/aromatic N) is 3. The van der Waals surface area contributed by atoms with Crippen molar-refractivity contribution >= 4 is 5.69 Å². The molecule has 0 spiro atoms. The van der Waals surface area contributed by atoms with Gasteiger partial charge in [0.15, 0.2) is 0 Å². The third-order valence-corrected chi connectivity index (χ3v) is 2.45. The Morgan fingerprint density at radius 1 is 1.06 bits per heavy atom. The lowest BCUT2D eigenvalue weighted by Crippen LogP contribution is -2.00. The Bertz CT molecular complexity index is 617. The number of hydrogen-bond donors (Lipinski definition) is 1. The molecular formula is C14H10N4. The number of nitriles is 2. The van der Waals surface area contributed by atoms with Gasteiger partial charge in [-0.15, -0.1) is 0 Å². The predicted octanol–water partition coefficient (Wildman–Crippen LogP) is 2.44. The molecule has 0 unspecified atom stereocenters. The number of pyridine rings is 1. The van der Waals surface area contributed by atoms with Crippen molar-refractivity contribution in [1.29, 1.82) is 10.5 Å². The lowest BCUT2D eigenvalue weighted by Gasteiger charge is -2.06. The second-order valence-corrected chi connectivity index (χ2v) is 3.70. The first kappa shape index (κ1) is 11.6. The number of nitrogens with one attached hydrogen (secondary N) is 1. The van der Waals surface area contributed by atoms with Crippen LogP contribution in [0.4, 0.5) is 5.69 Å². The number of rotatable bonds is 3. The minimum atomic E-state index is 0.411. The molecule has 0 aliphatic carbocycles. The summed E-state index contributed by atoms with van der Waals surface area (Å²) in [7, 11) is 0.